The summed E-state index contributed by atoms with van der Waals surface area (Å²) in [6, 6.07) is 17.2. The topological polar surface area (TPSA) is 58.9 Å². The Morgan fingerprint density at radius 1 is 0.647 bits per heavy atom. The normalized spacial score (nSPS) is 15.7. The summed E-state index contributed by atoms with van der Waals surface area (Å²) in [5.41, 5.74) is 4.14. The fourth-order valence-corrected chi connectivity index (χ4v) is 4.52. The van der Waals surface area contributed by atoms with Gasteiger partial charge >= 0.3 is 0 Å². The highest BCUT2D eigenvalue weighted by Gasteiger charge is 2.17. The molecule has 0 heterocycles. The number of benzene rings is 2. The van der Waals surface area contributed by atoms with Gasteiger partial charge in [-0.25, -0.2) is 0 Å². The van der Waals surface area contributed by atoms with Crippen LogP contribution < -0.4 is 9.47 Å². The third-order valence-corrected chi connectivity index (χ3v) is 6.63. The minimum Gasteiger partial charge on any atom is -0.494 e. The van der Waals surface area contributed by atoms with Crippen molar-refractivity contribution in [2.45, 2.75) is 76.5 Å². The van der Waals surface area contributed by atoms with Crippen molar-refractivity contribution in [3.63, 3.8) is 0 Å². The predicted octanol–water partition coefficient (Wildman–Crippen LogP) is 6.90. The Labute approximate surface area is 205 Å². The first kappa shape index (κ1) is 26.3. The van der Waals surface area contributed by atoms with Crippen molar-refractivity contribution >= 4 is 5.57 Å². The van der Waals surface area contributed by atoms with E-state index in [1.165, 1.54) is 23.1 Å². The van der Waals surface area contributed by atoms with E-state index in [-0.39, 0.29) is 13.2 Å². The van der Waals surface area contributed by atoms with E-state index < -0.39 is 0 Å². The standard InChI is InChI=1S/C30H42O4/c31-21-5-1-3-7-23-33-29-17-13-27(14-18-29)25-9-11-26(12-10-25)28-15-19-30(20-16-28)34-24-8-4-2-6-22-32/h9,13-20,26,31-32H,1-8,10-12,21-24H2. The summed E-state index contributed by atoms with van der Waals surface area (Å²) in [5, 5.41) is 17.6. The number of allylic oxidation sites excluding steroid dienone is 2. The smallest absolute Gasteiger partial charge is 0.119 e. The van der Waals surface area contributed by atoms with Crippen LogP contribution >= 0.6 is 0 Å². The number of ether oxygens (including phenoxy) is 2. The zero-order chi connectivity index (χ0) is 23.8. The van der Waals surface area contributed by atoms with Crippen LogP contribution in [-0.4, -0.2) is 36.6 Å². The molecular weight excluding hydrogens is 424 g/mol. The molecule has 0 bridgehead atoms. The van der Waals surface area contributed by atoms with Gasteiger partial charge in [0.05, 0.1) is 13.2 Å². The van der Waals surface area contributed by atoms with Crippen LogP contribution in [0.4, 0.5) is 0 Å². The van der Waals surface area contributed by atoms with Crippen LogP contribution in [0.3, 0.4) is 0 Å². The zero-order valence-corrected chi connectivity index (χ0v) is 20.6. The molecule has 0 fully saturated rings. The van der Waals surface area contributed by atoms with Crippen LogP contribution in [0, 0.1) is 0 Å². The number of hydrogen-bond acceptors (Lipinski definition) is 4. The molecule has 1 aliphatic rings. The first-order valence-electron chi connectivity index (χ1n) is 13.2. The highest BCUT2D eigenvalue weighted by molar-refractivity contribution is 5.67. The number of unbranched alkanes of at least 4 members (excludes halogenated alkanes) is 6. The summed E-state index contributed by atoms with van der Waals surface area (Å²) in [6.07, 6.45) is 13.9. The molecule has 2 aromatic carbocycles. The summed E-state index contributed by atoms with van der Waals surface area (Å²) >= 11 is 0. The Morgan fingerprint density at radius 3 is 1.68 bits per heavy atom. The highest BCUT2D eigenvalue weighted by Crippen LogP contribution is 2.36. The molecule has 4 heteroatoms. The fraction of sp³-hybridized carbons (Fsp3) is 0.533. The maximum Gasteiger partial charge on any atom is 0.119 e. The molecule has 1 aliphatic carbocycles. The molecule has 1 atom stereocenters. The lowest BCUT2D eigenvalue weighted by Crippen LogP contribution is -2.04. The van der Waals surface area contributed by atoms with Crippen LogP contribution in [0.5, 0.6) is 11.5 Å². The average molecular weight is 467 g/mol. The second-order valence-electron chi connectivity index (χ2n) is 9.27. The minimum absolute atomic E-state index is 0.286. The lowest BCUT2D eigenvalue weighted by molar-refractivity contribution is 0.273. The minimum atomic E-state index is 0.286. The van der Waals surface area contributed by atoms with Crippen molar-refractivity contribution < 1.29 is 19.7 Å². The maximum atomic E-state index is 8.82. The fourth-order valence-electron chi connectivity index (χ4n) is 4.52. The molecule has 186 valence electrons. The van der Waals surface area contributed by atoms with Crippen LogP contribution in [0.25, 0.3) is 5.57 Å². The van der Waals surface area contributed by atoms with Gasteiger partial charge in [-0.1, -0.05) is 43.2 Å². The van der Waals surface area contributed by atoms with Gasteiger partial charge < -0.3 is 19.7 Å². The van der Waals surface area contributed by atoms with E-state index in [9.17, 15) is 0 Å². The van der Waals surface area contributed by atoms with Crippen LogP contribution in [0.15, 0.2) is 54.6 Å². The Kier molecular flexibility index (Phi) is 12.0. The molecule has 0 aromatic heterocycles. The Morgan fingerprint density at radius 2 is 1.18 bits per heavy atom. The van der Waals surface area contributed by atoms with Gasteiger partial charge in [0.1, 0.15) is 11.5 Å². The number of hydrogen-bond donors (Lipinski definition) is 2. The molecule has 0 spiro atoms. The Balaban J connectivity index is 1.39. The molecule has 0 amide bonds. The quantitative estimate of drug-likeness (QED) is 0.264. The van der Waals surface area contributed by atoms with Crippen LogP contribution in [-0.2, 0) is 0 Å². The lowest BCUT2D eigenvalue weighted by atomic mass is 9.83. The Bertz CT molecular complexity index is 826. The van der Waals surface area contributed by atoms with Gasteiger partial charge in [0.25, 0.3) is 0 Å². The van der Waals surface area contributed by atoms with Crippen LogP contribution in [0.2, 0.25) is 0 Å². The molecule has 0 aliphatic heterocycles. The van der Waals surface area contributed by atoms with Gasteiger partial charge in [0.15, 0.2) is 0 Å². The van der Waals surface area contributed by atoms with Gasteiger partial charge in [-0.3, -0.25) is 0 Å². The summed E-state index contributed by atoms with van der Waals surface area (Å²) in [5.74, 6) is 2.46. The van der Waals surface area contributed by atoms with Gasteiger partial charge in [-0.2, -0.15) is 0 Å². The van der Waals surface area contributed by atoms with E-state index in [2.05, 4.69) is 54.6 Å². The predicted molar refractivity (Wildman–Crippen MR) is 140 cm³/mol. The second kappa shape index (κ2) is 15.6. The number of rotatable bonds is 16. The van der Waals surface area contributed by atoms with Gasteiger partial charge in [0, 0.05) is 13.2 Å². The van der Waals surface area contributed by atoms with Crippen molar-refractivity contribution in [3.05, 3.63) is 65.7 Å². The second-order valence-corrected chi connectivity index (χ2v) is 9.27. The van der Waals surface area contributed by atoms with Crippen molar-refractivity contribution in [1.29, 1.82) is 0 Å². The number of aliphatic hydroxyl groups excluding tert-OH is 2. The van der Waals surface area contributed by atoms with Crippen molar-refractivity contribution in [2.75, 3.05) is 26.4 Å². The highest BCUT2D eigenvalue weighted by atomic mass is 16.5. The molecule has 4 nitrogen and oxygen atoms in total. The summed E-state index contributed by atoms with van der Waals surface area (Å²) in [6.45, 7) is 2.06. The van der Waals surface area contributed by atoms with E-state index in [0.29, 0.717) is 5.92 Å². The average Bonchev–Trinajstić information content (AvgIpc) is 2.89. The summed E-state index contributed by atoms with van der Waals surface area (Å²) in [7, 11) is 0. The van der Waals surface area contributed by atoms with Crippen LogP contribution in [0.1, 0.15) is 87.7 Å². The van der Waals surface area contributed by atoms with E-state index in [0.717, 1.165) is 88.9 Å². The third-order valence-electron chi connectivity index (χ3n) is 6.63. The molecule has 2 N–H and O–H groups in total. The van der Waals surface area contributed by atoms with E-state index in [1.807, 2.05) is 0 Å². The largest absolute Gasteiger partial charge is 0.494 e. The molecule has 1 unspecified atom stereocenters. The SMILES string of the molecule is OCCCCCCOc1ccc(C2=CCC(c3ccc(OCCCCCCO)cc3)CC2)cc1. The summed E-state index contributed by atoms with van der Waals surface area (Å²) in [4.78, 5) is 0. The van der Waals surface area contributed by atoms with Gasteiger partial charge in [-0.15, -0.1) is 0 Å². The van der Waals surface area contributed by atoms with E-state index in [4.69, 9.17) is 19.7 Å². The Hall–Kier alpha value is -2.30. The number of aliphatic hydroxyl groups is 2. The molecule has 2 aromatic rings. The molecular formula is C30H42O4. The first-order chi connectivity index (χ1) is 16.8. The third kappa shape index (κ3) is 9.15. The monoisotopic (exact) mass is 466 g/mol. The van der Waals surface area contributed by atoms with Gasteiger partial charge in [-0.05, 0) is 105 Å². The lowest BCUT2D eigenvalue weighted by Gasteiger charge is -2.23. The zero-order valence-electron chi connectivity index (χ0n) is 20.6. The maximum absolute atomic E-state index is 8.82. The van der Waals surface area contributed by atoms with E-state index >= 15 is 0 Å². The van der Waals surface area contributed by atoms with E-state index in [1.54, 1.807) is 0 Å². The van der Waals surface area contributed by atoms with Crippen molar-refractivity contribution in [2.24, 2.45) is 0 Å². The van der Waals surface area contributed by atoms with Gasteiger partial charge in [0.2, 0.25) is 0 Å². The van der Waals surface area contributed by atoms with Crippen molar-refractivity contribution in [3.8, 4) is 11.5 Å². The first-order valence-corrected chi connectivity index (χ1v) is 13.2. The van der Waals surface area contributed by atoms with Crippen molar-refractivity contribution in [1.82, 2.24) is 0 Å². The molecule has 34 heavy (non-hydrogen) atoms. The molecule has 0 radical (unpaired) electrons. The molecule has 3 rings (SSSR count). The summed E-state index contributed by atoms with van der Waals surface area (Å²) < 4.78 is 11.7. The molecule has 0 saturated heterocycles. The molecule has 0 saturated carbocycles.